The van der Waals surface area contributed by atoms with Crippen LogP contribution in [0.3, 0.4) is 0 Å². The Labute approximate surface area is 190 Å². The van der Waals surface area contributed by atoms with E-state index in [1.54, 1.807) is 31.2 Å². The van der Waals surface area contributed by atoms with Gasteiger partial charge in [0, 0.05) is 18.5 Å². The van der Waals surface area contributed by atoms with Gasteiger partial charge in [0.2, 0.25) is 11.8 Å². The number of amides is 4. The smallest absolute Gasteiger partial charge is 0.305 e. The monoisotopic (exact) mass is 458 g/mol. The van der Waals surface area contributed by atoms with E-state index in [0.29, 0.717) is 18.3 Å². The number of carboxylic acid groups (broad SMARTS) is 1. The molecule has 3 N–H and O–H groups in total. The zero-order chi connectivity index (χ0) is 24.1. The average molecular weight is 458 g/mol. The lowest BCUT2D eigenvalue weighted by Crippen LogP contribution is -2.64. The summed E-state index contributed by atoms with van der Waals surface area (Å²) in [6.45, 7) is 2.00. The topological polar surface area (TPSA) is 153 Å². The Hall–Kier alpha value is -3.76. The molecular formula is C22H26N4O7. The van der Waals surface area contributed by atoms with Crippen LogP contribution in [0.4, 0.5) is 0 Å². The van der Waals surface area contributed by atoms with Gasteiger partial charge in [-0.05, 0) is 37.8 Å². The number of carboxylic acids is 1. The highest BCUT2D eigenvalue weighted by Crippen LogP contribution is 2.25. The van der Waals surface area contributed by atoms with Crippen molar-refractivity contribution in [2.45, 2.75) is 57.2 Å². The molecule has 11 nitrogen and oxygen atoms in total. The van der Waals surface area contributed by atoms with Gasteiger partial charge in [-0.25, -0.2) is 5.01 Å². The molecule has 2 heterocycles. The van der Waals surface area contributed by atoms with Gasteiger partial charge in [-0.3, -0.25) is 29.0 Å². The molecule has 0 saturated carbocycles. The quantitative estimate of drug-likeness (QED) is 0.478. The summed E-state index contributed by atoms with van der Waals surface area (Å²) in [5, 5.41) is 16.2. The van der Waals surface area contributed by atoms with Gasteiger partial charge in [-0.1, -0.05) is 18.2 Å². The number of aldehydes is 1. The summed E-state index contributed by atoms with van der Waals surface area (Å²) in [5.74, 6) is -3.43. The fourth-order valence-electron chi connectivity index (χ4n) is 4.07. The molecule has 2 aliphatic rings. The second-order valence-electron chi connectivity index (χ2n) is 8.09. The number of carbonyl (C=O) groups is 6. The summed E-state index contributed by atoms with van der Waals surface area (Å²) < 4.78 is 0. The Morgan fingerprint density at radius 1 is 1.21 bits per heavy atom. The van der Waals surface area contributed by atoms with E-state index >= 15 is 0 Å². The van der Waals surface area contributed by atoms with Crippen molar-refractivity contribution in [2.24, 2.45) is 0 Å². The molecular weight excluding hydrogens is 432 g/mol. The number of aliphatic carboxylic acids is 1. The van der Waals surface area contributed by atoms with Crippen LogP contribution in [0.15, 0.2) is 24.3 Å². The Morgan fingerprint density at radius 2 is 1.94 bits per heavy atom. The molecule has 33 heavy (non-hydrogen) atoms. The van der Waals surface area contributed by atoms with E-state index < -0.39 is 48.2 Å². The Kier molecular flexibility index (Phi) is 7.41. The summed E-state index contributed by atoms with van der Waals surface area (Å²) in [5.41, 5.74) is 1.12. The summed E-state index contributed by atoms with van der Waals surface area (Å²) in [4.78, 5) is 73.8. The predicted octanol–water partition coefficient (Wildman–Crippen LogP) is -0.220. The van der Waals surface area contributed by atoms with Crippen molar-refractivity contribution in [1.82, 2.24) is 20.7 Å². The Bertz CT molecular complexity index is 979. The minimum Gasteiger partial charge on any atom is -0.481 e. The third-order valence-corrected chi connectivity index (χ3v) is 5.75. The number of rotatable bonds is 7. The highest BCUT2D eigenvalue weighted by atomic mass is 16.4. The number of hydrogen-bond acceptors (Lipinski definition) is 6. The van der Waals surface area contributed by atoms with Gasteiger partial charge >= 0.3 is 5.97 Å². The lowest BCUT2D eigenvalue weighted by molar-refractivity contribution is -0.176. The Balaban J connectivity index is 1.82. The van der Waals surface area contributed by atoms with Crippen LogP contribution in [0.25, 0.3) is 0 Å². The standard InChI is InChI=1S/C22H26N4O7/c1-13-5-2-3-6-15(13)20(31)24-16-8-9-18(28)25-10-4-7-17(26(25)22(16)33)21(32)23-14(12-27)11-19(29)30/h2-3,5-6,12,14,16-17H,4,7-11H2,1H3,(H,23,32)(H,24,31)(H,29,30). The maximum absolute atomic E-state index is 13.4. The number of hydrazine groups is 1. The molecule has 0 bridgehead atoms. The molecule has 2 saturated heterocycles. The van der Waals surface area contributed by atoms with Crippen LogP contribution in [0.5, 0.6) is 0 Å². The molecule has 3 rings (SSSR count). The van der Waals surface area contributed by atoms with Crippen LogP contribution in [-0.2, 0) is 24.0 Å². The van der Waals surface area contributed by atoms with Gasteiger partial charge in [0.15, 0.2) is 0 Å². The van der Waals surface area contributed by atoms with Gasteiger partial charge in [0.25, 0.3) is 11.8 Å². The van der Waals surface area contributed by atoms with Crippen LogP contribution in [-0.4, -0.2) is 75.7 Å². The van der Waals surface area contributed by atoms with Crippen LogP contribution < -0.4 is 10.6 Å². The van der Waals surface area contributed by atoms with E-state index in [1.807, 2.05) is 0 Å². The summed E-state index contributed by atoms with van der Waals surface area (Å²) in [6.07, 6.45) is 0.454. The maximum atomic E-state index is 13.4. The number of nitrogens with zero attached hydrogens (tertiary/aromatic N) is 2. The van der Waals surface area contributed by atoms with Crippen molar-refractivity contribution in [1.29, 1.82) is 0 Å². The average Bonchev–Trinajstić information content (AvgIpc) is 2.90. The number of carbonyl (C=O) groups excluding carboxylic acids is 5. The minimum atomic E-state index is -1.27. The Morgan fingerprint density at radius 3 is 2.61 bits per heavy atom. The molecule has 0 radical (unpaired) electrons. The first kappa shape index (κ1) is 23.9. The first-order valence-corrected chi connectivity index (χ1v) is 10.7. The van der Waals surface area contributed by atoms with Crippen LogP contribution in [0.1, 0.15) is 48.0 Å². The van der Waals surface area contributed by atoms with Crippen molar-refractivity contribution in [3.63, 3.8) is 0 Å². The fraction of sp³-hybridized carbons (Fsp3) is 0.455. The van der Waals surface area contributed by atoms with Crippen LogP contribution in [0.2, 0.25) is 0 Å². The van der Waals surface area contributed by atoms with E-state index in [4.69, 9.17) is 5.11 Å². The van der Waals surface area contributed by atoms with Gasteiger partial charge in [0.05, 0.1) is 12.5 Å². The predicted molar refractivity (Wildman–Crippen MR) is 113 cm³/mol. The van der Waals surface area contributed by atoms with E-state index in [0.717, 1.165) is 10.6 Å². The number of aryl methyl sites for hydroxylation is 1. The van der Waals surface area contributed by atoms with Gasteiger partial charge in [0.1, 0.15) is 18.4 Å². The molecule has 2 fully saturated rings. The van der Waals surface area contributed by atoms with E-state index in [1.165, 1.54) is 5.01 Å². The molecule has 0 spiro atoms. The van der Waals surface area contributed by atoms with E-state index in [-0.39, 0.29) is 31.7 Å². The lowest BCUT2D eigenvalue weighted by atomic mass is 10.0. The lowest BCUT2D eigenvalue weighted by Gasteiger charge is -2.43. The summed E-state index contributed by atoms with van der Waals surface area (Å²) in [6, 6.07) is 3.48. The van der Waals surface area contributed by atoms with Crippen molar-refractivity contribution in [3.05, 3.63) is 35.4 Å². The zero-order valence-corrected chi connectivity index (χ0v) is 18.2. The number of nitrogens with one attached hydrogen (secondary N) is 2. The number of hydrogen-bond donors (Lipinski definition) is 3. The zero-order valence-electron chi connectivity index (χ0n) is 18.2. The number of fused-ring (bicyclic) bond motifs is 1. The first-order valence-electron chi connectivity index (χ1n) is 10.7. The summed E-state index contributed by atoms with van der Waals surface area (Å²) in [7, 11) is 0. The van der Waals surface area contributed by atoms with E-state index in [2.05, 4.69) is 10.6 Å². The molecule has 1 aromatic carbocycles. The third kappa shape index (κ3) is 5.36. The molecule has 2 aliphatic heterocycles. The molecule has 3 unspecified atom stereocenters. The maximum Gasteiger partial charge on any atom is 0.305 e. The van der Waals surface area contributed by atoms with Crippen molar-refractivity contribution >= 4 is 35.9 Å². The third-order valence-electron chi connectivity index (χ3n) is 5.75. The van der Waals surface area contributed by atoms with Crippen molar-refractivity contribution < 1.29 is 33.9 Å². The second-order valence-corrected chi connectivity index (χ2v) is 8.09. The van der Waals surface area contributed by atoms with Crippen LogP contribution in [0, 0.1) is 6.92 Å². The van der Waals surface area contributed by atoms with Gasteiger partial charge in [-0.2, -0.15) is 0 Å². The fourth-order valence-corrected chi connectivity index (χ4v) is 4.07. The molecule has 1 aromatic rings. The first-order chi connectivity index (χ1) is 15.7. The second kappa shape index (κ2) is 10.2. The normalized spacial score (nSPS) is 21.5. The summed E-state index contributed by atoms with van der Waals surface area (Å²) >= 11 is 0. The van der Waals surface area contributed by atoms with Crippen molar-refractivity contribution in [2.75, 3.05) is 6.54 Å². The molecule has 0 aromatic heterocycles. The van der Waals surface area contributed by atoms with Crippen molar-refractivity contribution in [3.8, 4) is 0 Å². The van der Waals surface area contributed by atoms with Crippen LogP contribution >= 0.6 is 0 Å². The SMILES string of the molecule is Cc1ccccc1C(=O)NC1CCC(=O)N2CCCC(C(=O)NC(C=O)CC(=O)O)N2C1=O. The van der Waals surface area contributed by atoms with Gasteiger partial charge in [-0.15, -0.1) is 0 Å². The van der Waals surface area contributed by atoms with E-state index in [9.17, 15) is 28.8 Å². The molecule has 0 aliphatic carbocycles. The highest BCUT2D eigenvalue weighted by molar-refractivity contribution is 6.00. The molecule has 11 heteroatoms. The molecule has 4 amide bonds. The largest absolute Gasteiger partial charge is 0.481 e. The highest BCUT2D eigenvalue weighted by Gasteiger charge is 2.45. The molecule has 3 atom stereocenters. The van der Waals surface area contributed by atoms with Gasteiger partial charge < -0.3 is 20.5 Å². The number of benzene rings is 1. The minimum absolute atomic E-state index is 0.00523. The molecule has 176 valence electrons.